The maximum Gasteiger partial charge on any atom is 0.357 e. The van der Waals surface area contributed by atoms with Crippen LogP contribution in [0.3, 0.4) is 0 Å². The maximum absolute atomic E-state index is 13.1. The van der Waals surface area contributed by atoms with Crippen LogP contribution >= 0.6 is 0 Å². The molecule has 208 valence electrons. The van der Waals surface area contributed by atoms with Gasteiger partial charge in [0.25, 0.3) is 0 Å². The number of hydrogen-bond acceptors (Lipinski definition) is 9. The Morgan fingerprint density at radius 3 is 1.22 bits per heavy atom. The lowest BCUT2D eigenvalue weighted by molar-refractivity contribution is -0.178. The van der Waals surface area contributed by atoms with Crippen molar-refractivity contribution >= 4 is 34.7 Å². The highest BCUT2D eigenvalue weighted by atomic mass is 16.6. The standard InChI is InChI=1S/C32H30N4O5/c1-31(2,40-27-21-13-11-19-25(27)35-33-23-15-7-5-8-16-23)29(37)39-30(38)32(3,4)41-28-22-14-12-20-26(28)36-34-24-17-9-6-10-18-24/h5-22H,1-4H3. The summed E-state index contributed by atoms with van der Waals surface area (Å²) in [5.41, 5.74) is -0.923. The maximum atomic E-state index is 13.1. The Morgan fingerprint density at radius 1 is 0.488 bits per heavy atom. The van der Waals surface area contributed by atoms with Crippen LogP contribution in [-0.2, 0) is 14.3 Å². The Kier molecular flexibility index (Phi) is 8.98. The Labute approximate surface area is 238 Å². The fourth-order valence-electron chi connectivity index (χ4n) is 3.43. The summed E-state index contributed by atoms with van der Waals surface area (Å²) in [5.74, 6) is -1.19. The van der Waals surface area contributed by atoms with Gasteiger partial charge in [-0.05, 0) is 76.2 Å². The summed E-state index contributed by atoms with van der Waals surface area (Å²) >= 11 is 0. The number of carbonyl (C=O) groups excluding carboxylic acids is 2. The van der Waals surface area contributed by atoms with Crippen LogP contribution in [0.15, 0.2) is 130 Å². The third kappa shape index (κ3) is 7.92. The van der Waals surface area contributed by atoms with Gasteiger partial charge in [-0.3, -0.25) is 0 Å². The van der Waals surface area contributed by atoms with E-state index in [1.165, 1.54) is 27.7 Å². The molecule has 0 saturated carbocycles. The Morgan fingerprint density at radius 2 is 0.829 bits per heavy atom. The lowest BCUT2D eigenvalue weighted by atomic mass is 10.1. The molecule has 0 aliphatic heterocycles. The van der Waals surface area contributed by atoms with Gasteiger partial charge in [-0.25, -0.2) is 9.59 Å². The lowest BCUT2D eigenvalue weighted by Crippen LogP contribution is -2.46. The zero-order chi connectivity index (χ0) is 29.3. The molecule has 0 saturated heterocycles. The van der Waals surface area contributed by atoms with E-state index in [4.69, 9.17) is 14.2 Å². The van der Waals surface area contributed by atoms with Crippen molar-refractivity contribution in [2.45, 2.75) is 38.9 Å². The fraction of sp³-hybridized carbons (Fsp3) is 0.188. The van der Waals surface area contributed by atoms with Gasteiger partial charge in [-0.2, -0.15) is 10.2 Å². The Bertz CT molecular complexity index is 1430. The van der Waals surface area contributed by atoms with Gasteiger partial charge in [0.2, 0.25) is 11.2 Å². The van der Waals surface area contributed by atoms with E-state index in [-0.39, 0.29) is 0 Å². The zero-order valence-electron chi connectivity index (χ0n) is 23.2. The van der Waals surface area contributed by atoms with Gasteiger partial charge in [0.15, 0.2) is 0 Å². The third-order valence-electron chi connectivity index (χ3n) is 5.69. The van der Waals surface area contributed by atoms with Crippen molar-refractivity contribution in [2.75, 3.05) is 0 Å². The second-order valence-electron chi connectivity index (χ2n) is 9.91. The molecule has 0 atom stereocenters. The topological polar surface area (TPSA) is 111 Å². The molecule has 0 aliphatic carbocycles. The van der Waals surface area contributed by atoms with E-state index in [0.29, 0.717) is 34.2 Å². The molecule has 0 amide bonds. The molecule has 0 radical (unpaired) electrons. The summed E-state index contributed by atoms with van der Waals surface area (Å²) < 4.78 is 17.1. The molecule has 41 heavy (non-hydrogen) atoms. The van der Waals surface area contributed by atoms with Crippen LogP contribution in [0.1, 0.15) is 27.7 Å². The fourth-order valence-corrected chi connectivity index (χ4v) is 3.43. The number of azo groups is 2. The Hall–Kier alpha value is -5.18. The average Bonchev–Trinajstić information content (AvgIpc) is 2.97. The van der Waals surface area contributed by atoms with Gasteiger partial charge >= 0.3 is 11.9 Å². The van der Waals surface area contributed by atoms with Gasteiger partial charge in [-0.15, -0.1) is 10.2 Å². The molecule has 4 rings (SSSR count). The number of ether oxygens (including phenoxy) is 3. The molecule has 0 N–H and O–H groups in total. The summed E-state index contributed by atoms with van der Waals surface area (Å²) in [6.45, 7) is 6.00. The van der Waals surface area contributed by atoms with E-state index in [1.807, 2.05) is 60.7 Å². The van der Waals surface area contributed by atoms with E-state index in [2.05, 4.69) is 20.5 Å². The third-order valence-corrected chi connectivity index (χ3v) is 5.69. The summed E-state index contributed by atoms with van der Waals surface area (Å²) in [5, 5.41) is 16.9. The zero-order valence-corrected chi connectivity index (χ0v) is 23.2. The van der Waals surface area contributed by atoms with Crippen LogP contribution in [0.2, 0.25) is 0 Å². The second-order valence-corrected chi connectivity index (χ2v) is 9.91. The van der Waals surface area contributed by atoms with Gasteiger partial charge in [0.05, 0.1) is 11.4 Å². The van der Waals surface area contributed by atoms with Crippen LogP contribution < -0.4 is 9.47 Å². The molecule has 0 aliphatic rings. The molecule has 9 heteroatoms. The van der Waals surface area contributed by atoms with E-state index in [9.17, 15) is 9.59 Å². The van der Waals surface area contributed by atoms with Gasteiger partial charge in [-0.1, -0.05) is 60.7 Å². The molecule has 0 unspecified atom stereocenters. The van der Waals surface area contributed by atoms with Crippen molar-refractivity contribution < 1.29 is 23.8 Å². The average molecular weight is 551 g/mol. The molecule has 9 nitrogen and oxygen atoms in total. The molecular formula is C32H30N4O5. The molecule has 0 aromatic heterocycles. The number of esters is 2. The van der Waals surface area contributed by atoms with Crippen molar-refractivity contribution in [1.29, 1.82) is 0 Å². The predicted octanol–water partition coefficient (Wildman–Crippen LogP) is 8.60. The summed E-state index contributed by atoms with van der Waals surface area (Å²) in [6, 6.07) is 32.2. The number of carbonyl (C=O) groups is 2. The minimum absolute atomic E-state index is 0.301. The molecule has 0 heterocycles. The molecule has 4 aromatic rings. The quantitative estimate of drug-likeness (QED) is 0.111. The van der Waals surface area contributed by atoms with Gasteiger partial charge < -0.3 is 14.2 Å². The first kappa shape index (κ1) is 28.8. The second kappa shape index (κ2) is 12.8. The largest absolute Gasteiger partial charge is 0.474 e. The van der Waals surface area contributed by atoms with Crippen LogP contribution in [-0.4, -0.2) is 23.1 Å². The summed E-state index contributed by atoms with van der Waals surface area (Å²) in [4.78, 5) is 26.2. The smallest absolute Gasteiger partial charge is 0.357 e. The van der Waals surface area contributed by atoms with Crippen molar-refractivity contribution in [3.05, 3.63) is 109 Å². The van der Waals surface area contributed by atoms with E-state index in [1.54, 1.807) is 48.5 Å². The van der Waals surface area contributed by atoms with Gasteiger partial charge in [0.1, 0.15) is 22.9 Å². The highest BCUT2D eigenvalue weighted by molar-refractivity contribution is 5.93. The summed E-state index contributed by atoms with van der Waals surface area (Å²) in [6.07, 6.45) is 0. The first-order chi connectivity index (χ1) is 19.6. The van der Waals surface area contributed by atoms with Crippen molar-refractivity contribution in [3.8, 4) is 11.5 Å². The highest BCUT2D eigenvalue weighted by Gasteiger charge is 2.40. The summed E-state index contributed by atoms with van der Waals surface area (Å²) in [7, 11) is 0. The van der Waals surface area contributed by atoms with Crippen molar-refractivity contribution in [2.24, 2.45) is 20.5 Å². The minimum atomic E-state index is -1.54. The Balaban J connectivity index is 1.44. The highest BCUT2D eigenvalue weighted by Crippen LogP contribution is 2.34. The van der Waals surface area contributed by atoms with Crippen LogP contribution in [0.25, 0.3) is 0 Å². The molecular weight excluding hydrogens is 520 g/mol. The number of para-hydroxylation sites is 2. The monoisotopic (exact) mass is 550 g/mol. The van der Waals surface area contributed by atoms with E-state index in [0.717, 1.165) is 0 Å². The minimum Gasteiger partial charge on any atom is -0.474 e. The number of hydrogen-bond donors (Lipinski definition) is 0. The first-order valence-electron chi connectivity index (χ1n) is 12.9. The lowest BCUT2D eigenvalue weighted by Gasteiger charge is -2.28. The van der Waals surface area contributed by atoms with Crippen LogP contribution in [0, 0.1) is 0 Å². The van der Waals surface area contributed by atoms with Gasteiger partial charge in [0, 0.05) is 0 Å². The van der Waals surface area contributed by atoms with E-state index < -0.39 is 23.1 Å². The molecule has 0 fully saturated rings. The van der Waals surface area contributed by atoms with Crippen LogP contribution in [0.5, 0.6) is 11.5 Å². The van der Waals surface area contributed by atoms with E-state index >= 15 is 0 Å². The molecule has 0 bridgehead atoms. The number of rotatable bonds is 10. The number of benzene rings is 4. The van der Waals surface area contributed by atoms with Crippen molar-refractivity contribution in [3.63, 3.8) is 0 Å². The van der Waals surface area contributed by atoms with Crippen molar-refractivity contribution in [1.82, 2.24) is 0 Å². The van der Waals surface area contributed by atoms with Crippen LogP contribution in [0.4, 0.5) is 22.7 Å². The molecule has 4 aromatic carbocycles. The molecule has 0 spiro atoms. The first-order valence-corrected chi connectivity index (χ1v) is 12.9. The normalized spacial score (nSPS) is 11.9. The number of nitrogens with zero attached hydrogens (tertiary/aromatic N) is 4. The predicted molar refractivity (Wildman–Crippen MR) is 155 cm³/mol. The SMILES string of the molecule is CC(C)(Oc1ccccc1N=Nc1ccccc1)C(=O)OC(=O)C(C)(C)Oc1ccccc1N=Nc1ccccc1.